The molecular weight excluding hydrogens is 324 g/mol. The molecule has 0 atom stereocenters. The summed E-state index contributed by atoms with van der Waals surface area (Å²) in [6.45, 7) is 1.14. The fourth-order valence-electron chi connectivity index (χ4n) is 2.61. The average Bonchev–Trinajstić information content (AvgIpc) is 3.30. The number of benzene rings is 1. The lowest BCUT2D eigenvalue weighted by Gasteiger charge is -2.33. The highest BCUT2D eigenvalue weighted by atomic mass is 35.5. The summed E-state index contributed by atoms with van der Waals surface area (Å²) in [5.74, 6) is 0.135. The molecule has 0 aromatic heterocycles. The van der Waals surface area contributed by atoms with Crippen LogP contribution in [-0.4, -0.2) is 54.9 Å². The Morgan fingerprint density at radius 3 is 2.32 bits per heavy atom. The summed E-state index contributed by atoms with van der Waals surface area (Å²) in [5.41, 5.74) is 1.04. The molecule has 7 heteroatoms. The standard InChI is InChI=1S/C15H19ClN2O3S/c16-13-3-1-12(2-4-13)11-18(14-5-6-14)15(19)17-7-9-22(20,21)10-8-17/h1-4,14H,5-11H2. The van der Waals surface area contributed by atoms with Crippen LogP contribution in [0.15, 0.2) is 24.3 Å². The predicted molar refractivity (Wildman–Crippen MR) is 85.6 cm³/mol. The van der Waals surface area contributed by atoms with Crippen molar-refractivity contribution in [2.75, 3.05) is 24.6 Å². The first-order chi connectivity index (χ1) is 10.4. The maximum atomic E-state index is 12.7. The second kappa shape index (κ2) is 6.08. The molecule has 2 fully saturated rings. The van der Waals surface area contributed by atoms with Gasteiger partial charge in [0.25, 0.3) is 0 Å². The largest absolute Gasteiger partial charge is 0.323 e. The van der Waals surface area contributed by atoms with Gasteiger partial charge in [-0.1, -0.05) is 23.7 Å². The van der Waals surface area contributed by atoms with Gasteiger partial charge in [-0.3, -0.25) is 0 Å². The highest BCUT2D eigenvalue weighted by molar-refractivity contribution is 7.91. The van der Waals surface area contributed by atoms with Crippen molar-refractivity contribution in [3.8, 4) is 0 Å². The zero-order chi connectivity index (χ0) is 15.7. The van der Waals surface area contributed by atoms with Gasteiger partial charge >= 0.3 is 6.03 Å². The highest BCUT2D eigenvalue weighted by Crippen LogP contribution is 2.30. The lowest BCUT2D eigenvalue weighted by atomic mass is 10.2. The van der Waals surface area contributed by atoms with Crippen LogP contribution in [0.25, 0.3) is 0 Å². The van der Waals surface area contributed by atoms with E-state index in [-0.39, 0.29) is 23.6 Å². The molecule has 2 aliphatic rings. The molecule has 1 aliphatic carbocycles. The molecule has 1 saturated carbocycles. The van der Waals surface area contributed by atoms with E-state index in [0.29, 0.717) is 24.7 Å². The van der Waals surface area contributed by atoms with E-state index in [4.69, 9.17) is 11.6 Å². The van der Waals surface area contributed by atoms with Crippen LogP contribution in [-0.2, 0) is 16.4 Å². The van der Waals surface area contributed by atoms with Crippen molar-refractivity contribution in [2.45, 2.75) is 25.4 Å². The Hall–Kier alpha value is -1.27. The van der Waals surface area contributed by atoms with Gasteiger partial charge in [0.05, 0.1) is 11.5 Å². The van der Waals surface area contributed by atoms with Gasteiger partial charge in [0.1, 0.15) is 0 Å². The monoisotopic (exact) mass is 342 g/mol. The van der Waals surface area contributed by atoms with Gasteiger partial charge in [0.2, 0.25) is 0 Å². The lowest BCUT2D eigenvalue weighted by molar-refractivity contribution is 0.150. The molecule has 0 spiro atoms. The van der Waals surface area contributed by atoms with Crippen LogP contribution in [0.4, 0.5) is 4.79 Å². The molecule has 120 valence electrons. The Kier molecular flexibility index (Phi) is 4.32. The van der Waals surface area contributed by atoms with Crippen LogP contribution < -0.4 is 0 Å². The first kappa shape index (κ1) is 15.6. The Bertz CT molecular complexity index is 642. The summed E-state index contributed by atoms with van der Waals surface area (Å²) >= 11 is 5.89. The molecule has 0 radical (unpaired) electrons. The van der Waals surface area contributed by atoms with Crippen molar-refractivity contribution in [2.24, 2.45) is 0 Å². The molecular formula is C15H19ClN2O3S. The molecule has 1 aromatic carbocycles. The van der Waals surface area contributed by atoms with E-state index >= 15 is 0 Å². The highest BCUT2D eigenvalue weighted by Gasteiger charge is 2.36. The molecule has 1 saturated heterocycles. The van der Waals surface area contributed by atoms with Gasteiger partial charge in [0.15, 0.2) is 9.84 Å². The van der Waals surface area contributed by atoms with Crippen molar-refractivity contribution >= 4 is 27.5 Å². The third-order valence-corrected chi connectivity index (χ3v) is 5.98. The van der Waals surface area contributed by atoms with Gasteiger partial charge in [-0.15, -0.1) is 0 Å². The maximum Gasteiger partial charge on any atom is 0.320 e. The third-order valence-electron chi connectivity index (χ3n) is 4.11. The van der Waals surface area contributed by atoms with Gasteiger partial charge in [-0.2, -0.15) is 0 Å². The first-order valence-corrected chi connectivity index (χ1v) is 9.65. The van der Waals surface area contributed by atoms with E-state index < -0.39 is 9.84 Å². The number of carbonyl (C=O) groups excluding carboxylic acids is 1. The molecule has 0 unspecified atom stereocenters. The summed E-state index contributed by atoms with van der Waals surface area (Å²) in [6, 6.07) is 7.71. The van der Waals surface area contributed by atoms with E-state index in [0.717, 1.165) is 18.4 Å². The molecule has 3 rings (SSSR count). The minimum Gasteiger partial charge on any atom is -0.323 e. The number of amides is 2. The molecule has 1 heterocycles. The number of hydrogen-bond donors (Lipinski definition) is 0. The summed E-state index contributed by atoms with van der Waals surface area (Å²) in [7, 11) is -2.97. The minimum atomic E-state index is -2.97. The van der Waals surface area contributed by atoms with Gasteiger partial charge in [0, 0.05) is 30.7 Å². The molecule has 2 amide bonds. The predicted octanol–water partition coefficient (Wildman–Crippen LogP) is 2.15. The molecule has 5 nitrogen and oxygen atoms in total. The summed E-state index contributed by atoms with van der Waals surface area (Å²) in [5, 5.41) is 0.675. The van der Waals surface area contributed by atoms with Crippen LogP contribution in [0.1, 0.15) is 18.4 Å². The van der Waals surface area contributed by atoms with Crippen LogP contribution in [0.2, 0.25) is 5.02 Å². The number of urea groups is 1. The van der Waals surface area contributed by atoms with Gasteiger partial charge in [-0.25, -0.2) is 13.2 Å². The van der Waals surface area contributed by atoms with Crippen LogP contribution in [0.5, 0.6) is 0 Å². The van der Waals surface area contributed by atoms with Crippen molar-refractivity contribution in [3.05, 3.63) is 34.9 Å². The second-order valence-electron chi connectivity index (χ2n) is 5.91. The first-order valence-electron chi connectivity index (χ1n) is 7.45. The molecule has 0 N–H and O–H groups in total. The van der Waals surface area contributed by atoms with Crippen LogP contribution in [0, 0.1) is 0 Å². The lowest BCUT2D eigenvalue weighted by Crippen LogP contribution is -2.50. The molecule has 0 bridgehead atoms. The van der Waals surface area contributed by atoms with Crippen LogP contribution >= 0.6 is 11.6 Å². The Labute approximate surface area is 135 Å². The Morgan fingerprint density at radius 2 is 1.77 bits per heavy atom. The smallest absolute Gasteiger partial charge is 0.320 e. The Balaban J connectivity index is 1.68. The SMILES string of the molecule is O=C(N1CCS(=O)(=O)CC1)N(Cc1ccc(Cl)cc1)C1CC1. The average molecular weight is 343 g/mol. The normalized spacial score (nSPS) is 20.7. The number of nitrogens with zero attached hydrogens (tertiary/aromatic N) is 2. The number of rotatable bonds is 3. The summed E-state index contributed by atoms with van der Waals surface area (Å²) < 4.78 is 23.0. The summed E-state index contributed by atoms with van der Waals surface area (Å²) in [6.07, 6.45) is 2.04. The van der Waals surface area contributed by atoms with Crippen molar-refractivity contribution in [1.82, 2.24) is 9.80 Å². The van der Waals surface area contributed by atoms with E-state index in [9.17, 15) is 13.2 Å². The van der Waals surface area contributed by atoms with E-state index in [2.05, 4.69) is 0 Å². The number of carbonyl (C=O) groups is 1. The third kappa shape index (κ3) is 3.73. The summed E-state index contributed by atoms with van der Waals surface area (Å²) in [4.78, 5) is 16.2. The zero-order valence-corrected chi connectivity index (χ0v) is 13.8. The second-order valence-corrected chi connectivity index (χ2v) is 8.65. The zero-order valence-electron chi connectivity index (χ0n) is 12.2. The quantitative estimate of drug-likeness (QED) is 0.845. The minimum absolute atomic E-state index is 0.0487. The fraction of sp³-hybridized carbons (Fsp3) is 0.533. The van der Waals surface area contributed by atoms with Crippen molar-refractivity contribution in [3.63, 3.8) is 0 Å². The number of halogens is 1. The Morgan fingerprint density at radius 1 is 1.18 bits per heavy atom. The topological polar surface area (TPSA) is 57.7 Å². The fourth-order valence-corrected chi connectivity index (χ4v) is 3.94. The van der Waals surface area contributed by atoms with Crippen molar-refractivity contribution in [1.29, 1.82) is 0 Å². The van der Waals surface area contributed by atoms with Gasteiger partial charge < -0.3 is 9.80 Å². The number of hydrogen-bond acceptors (Lipinski definition) is 3. The molecule has 1 aliphatic heterocycles. The maximum absolute atomic E-state index is 12.7. The number of sulfone groups is 1. The molecule has 22 heavy (non-hydrogen) atoms. The van der Waals surface area contributed by atoms with E-state index in [1.54, 1.807) is 4.90 Å². The van der Waals surface area contributed by atoms with E-state index in [1.165, 1.54) is 0 Å². The van der Waals surface area contributed by atoms with Gasteiger partial charge in [-0.05, 0) is 30.5 Å². The van der Waals surface area contributed by atoms with E-state index in [1.807, 2.05) is 29.2 Å². The van der Waals surface area contributed by atoms with Crippen LogP contribution in [0.3, 0.4) is 0 Å². The molecule has 1 aromatic rings. The van der Waals surface area contributed by atoms with Crippen molar-refractivity contribution < 1.29 is 13.2 Å².